The standard InChI is InChI=1S/C15H28N6O/c1-12(2)14(15-16-11-17-20(15)4)18-13(22)5-6-21-9-7-19(3)8-10-21/h11-12,14H,5-10H2,1-4H3,(H,18,22)/t14-/m0/s1. The summed E-state index contributed by atoms with van der Waals surface area (Å²) in [6, 6.07) is -0.0903. The first-order valence-electron chi connectivity index (χ1n) is 8.01. The van der Waals surface area contributed by atoms with E-state index in [-0.39, 0.29) is 17.9 Å². The fourth-order valence-electron chi connectivity index (χ4n) is 2.69. The molecule has 0 unspecified atom stereocenters. The van der Waals surface area contributed by atoms with E-state index in [1.807, 2.05) is 7.05 Å². The Balaban J connectivity index is 1.83. The molecule has 0 spiro atoms. The van der Waals surface area contributed by atoms with E-state index in [9.17, 15) is 4.79 Å². The number of likely N-dealkylation sites (N-methyl/N-ethyl adjacent to an activating group) is 1. The number of hydrogen-bond acceptors (Lipinski definition) is 5. The van der Waals surface area contributed by atoms with Crippen LogP contribution in [0.3, 0.4) is 0 Å². The fourth-order valence-corrected chi connectivity index (χ4v) is 2.69. The van der Waals surface area contributed by atoms with Gasteiger partial charge in [-0.15, -0.1) is 0 Å². The molecule has 1 amide bonds. The molecule has 7 heteroatoms. The average molecular weight is 308 g/mol. The Hall–Kier alpha value is -1.47. The van der Waals surface area contributed by atoms with Crippen LogP contribution in [0.15, 0.2) is 6.33 Å². The molecule has 2 heterocycles. The van der Waals surface area contributed by atoms with Crippen LogP contribution in [-0.2, 0) is 11.8 Å². The van der Waals surface area contributed by atoms with Crippen molar-refractivity contribution in [2.24, 2.45) is 13.0 Å². The van der Waals surface area contributed by atoms with Crippen molar-refractivity contribution in [2.75, 3.05) is 39.8 Å². The first-order chi connectivity index (χ1) is 10.5. The summed E-state index contributed by atoms with van der Waals surface area (Å²) in [5.41, 5.74) is 0. The molecule has 0 saturated carbocycles. The van der Waals surface area contributed by atoms with Crippen LogP contribution in [0.4, 0.5) is 0 Å². The molecule has 0 aliphatic carbocycles. The number of nitrogens with one attached hydrogen (secondary N) is 1. The smallest absolute Gasteiger partial charge is 0.221 e. The summed E-state index contributed by atoms with van der Waals surface area (Å²) in [4.78, 5) is 21.2. The molecule has 0 bridgehead atoms. The minimum absolute atomic E-state index is 0.0839. The van der Waals surface area contributed by atoms with Gasteiger partial charge in [0.25, 0.3) is 0 Å². The zero-order chi connectivity index (χ0) is 16.1. The van der Waals surface area contributed by atoms with E-state index in [2.05, 4.69) is 46.1 Å². The second-order valence-electron chi connectivity index (χ2n) is 6.43. The summed E-state index contributed by atoms with van der Waals surface area (Å²) in [6.07, 6.45) is 2.06. The first-order valence-corrected chi connectivity index (χ1v) is 8.01. The third kappa shape index (κ3) is 4.51. The molecule has 0 radical (unpaired) electrons. The summed E-state index contributed by atoms with van der Waals surface area (Å²) in [7, 11) is 3.99. The molecule has 1 saturated heterocycles. The molecule has 0 aromatic carbocycles. The summed E-state index contributed by atoms with van der Waals surface area (Å²) in [6.45, 7) is 9.23. The molecule has 1 aliphatic rings. The van der Waals surface area contributed by atoms with Gasteiger partial charge < -0.3 is 15.1 Å². The third-order valence-corrected chi connectivity index (χ3v) is 4.26. The second kappa shape index (κ2) is 7.69. The minimum Gasteiger partial charge on any atom is -0.346 e. The zero-order valence-electron chi connectivity index (χ0n) is 14.1. The van der Waals surface area contributed by atoms with Gasteiger partial charge in [-0.2, -0.15) is 5.10 Å². The number of piperazine rings is 1. The van der Waals surface area contributed by atoms with E-state index in [4.69, 9.17) is 0 Å². The van der Waals surface area contributed by atoms with Gasteiger partial charge in [0, 0.05) is 46.2 Å². The van der Waals surface area contributed by atoms with Crippen LogP contribution in [0.2, 0.25) is 0 Å². The van der Waals surface area contributed by atoms with Gasteiger partial charge in [0.05, 0.1) is 6.04 Å². The van der Waals surface area contributed by atoms with Gasteiger partial charge in [0.1, 0.15) is 12.2 Å². The molecule has 124 valence electrons. The number of carbonyl (C=O) groups is 1. The highest BCUT2D eigenvalue weighted by Crippen LogP contribution is 2.18. The van der Waals surface area contributed by atoms with E-state index in [1.165, 1.54) is 6.33 Å². The number of rotatable bonds is 6. The van der Waals surface area contributed by atoms with Crippen LogP contribution in [0.5, 0.6) is 0 Å². The molecule has 22 heavy (non-hydrogen) atoms. The van der Waals surface area contributed by atoms with Crippen LogP contribution in [0.25, 0.3) is 0 Å². The highest BCUT2D eigenvalue weighted by molar-refractivity contribution is 5.76. The number of aryl methyl sites for hydroxylation is 1. The van der Waals surface area contributed by atoms with Gasteiger partial charge >= 0.3 is 0 Å². The quantitative estimate of drug-likeness (QED) is 0.817. The molecular formula is C15H28N6O. The lowest BCUT2D eigenvalue weighted by atomic mass is 10.0. The normalized spacial score (nSPS) is 18.6. The number of carbonyl (C=O) groups excluding carboxylic acids is 1. The Morgan fingerprint density at radius 2 is 1.95 bits per heavy atom. The van der Waals surface area contributed by atoms with E-state index >= 15 is 0 Å². The monoisotopic (exact) mass is 308 g/mol. The lowest BCUT2D eigenvalue weighted by Gasteiger charge is -2.32. The molecule has 1 N–H and O–H groups in total. The van der Waals surface area contributed by atoms with Gasteiger partial charge in [-0.05, 0) is 13.0 Å². The van der Waals surface area contributed by atoms with Crippen LogP contribution < -0.4 is 5.32 Å². The molecular weight excluding hydrogens is 280 g/mol. The van der Waals surface area contributed by atoms with E-state index in [1.54, 1.807) is 4.68 Å². The van der Waals surface area contributed by atoms with Crippen molar-refractivity contribution in [3.8, 4) is 0 Å². The molecule has 2 rings (SSSR count). The summed E-state index contributed by atoms with van der Waals surface area (Å²) in [5, 5.41) is 7.20. The van der Waals surface area contributed by atoms with Gasteiger partial charge in [0.2, 0.25) is 5.91 Å². The number of hydrogen-bond donors (Lipinski definition) is 1. The first kappa shape index (κ1) is 16.9. The molecule has 1 aromatic heterocycles. The van der Waals surface area contributed by atoms with Crippen molar-refractivity contribution in [3.05, 3.63) is 12.2 Å². The van der Waals surface area contributed by atoms with E-state index < -0.39 is 0 Å². The van der Waals surface area contributed by atoms with Gasteiger partial charge in [0.15, 0.2) is 0 Å². The van der Waals surface area contributed by atoms with Crippen LogP contribution in [0.1, 0.15) is 32.1 Å². The summed E-state index contributed by atoms with van der Waals surface area (Å²) < 4.78 is 1.73. The number of amides is 1. The largest absolute Gasteiger partial charge is 0.346 e. The molecule has 1 atom stereocenters. The van der Waals surface area contributed by atoms with Crippen LogP contribution >= 0.6 is 0 Å². The highest BCUT2D eigenvalue weighted by Gasteiger charge is 2.23. The number of nitrogens with zero attached hydrogens (tertiary/aromatic N) is 5. The van der Waals surface area contributed by atoms with Crippen molar-refractivity contribution in [3.63, 3.8) is 0 Å². The van der Waals surface area contributed by atoms with Crippen molar-refractivity contribution in [1.29, 1.82) is 0 Å². The summed E-state index contributed by atoms with van der Waals surface area (Å²) >= 11 is 0. The molecule has 1 aliphatic heterocycles. The Kier molecular flexibility index (Phi) is 5.90. The lowest BCUT2D eigenvalue weighted by molar-refractivity contribution is -0.122. The maximum absolute atomic E-state index is 12.3. The van der Waals surface area contributed by atoms with Crippen molar-refractivity contribution in [2.45, 2.75) is 26.3 Å². The Bertz CT molecular complexity index is 478. The molecule has 7 nitrogen and oxygen atoms in total. The van der Waals surface area contributed by atoms with Crippen molar-refractivity contribution >= 4 is 5.91 Å². The maximum atomic E-state index is 12.3. The van der Waals surface area contributed by atoms with Crippen LogP contribution in [0, 0.1) is 5.92 Å². The third-order valence-electron chi connectivity index (χ3n) is 4.26. The zero-order valence-corrected chi connectivity index (χ0v) is 14.1. The van der Waals surface area contributed by atoms with Crippen molar-refractivity contribution in [1.82, 2.24) is 29.9 Å². The Morgan fingerprint density at radius 3 is 2.50 bits per heavy atom. The van der Waals surface area contributed by atoms with Crippen molar-refractivity contribution < 1.29 is 4.79 Å². The second-order valence-corrected chi connectivity index (χ2v) is 6.43. The van der Waals surface area contributed by atoms with E-state index in [0.29, 0.717) is 6.42 Å². The minimum atomic E-state index is -0.0903. The van der Waals surface area contributed by atoms with Gasteiger partial charge in [-0.3, -0.25) is 9.48 Å². The fraction of sp³-hybridized carbons (Fsp3) is 0.800. The SMILES string of the molecule is CC(C)[C@H](NC(=O)CCN1CCN(C)CC1)c1ncnn1C. The van der Waals surface area contributed by atoms with E-state index in [0.717, 1.165) is 38.5 Å². The molecule has 1 fully saturated rings. The van der Waals surface area contributed by atoms with Crippen LogP contribution in [-0.4, -0.2) is 70.2 Å². The predicted octanol–water partition coefficient (Wildman–Crippen LogP) is 0.266. The number of aromatic nitrogens is 3. The average Bonchev–Trinajstić information content (AvgIpc) is 2.90. The topological polar surface area (TPSA) is 66.3 Å². The highest BCUT2D eigenvalue weighted by atomic mass is 16.1. The predicted molar refractivity (Wildman–Crippen MR) is 85.3 cm³/mol. The lowest BCUT2D eigenvalue weighted by Crippen LogP contribution is -2.45. The van der Waals surface area contributed by atoms with Gasteiger partial charge in [-0.1, -0.05) is 13.8 Å². The van der Waals surface area contributed by atoms with Gasteiger partial charge in [-0.25, -0.2) is 4.98 Å². The Labute approximate surface area is 132 Å². The summed E-state index contributed by atoms with van der Waals surface area (Å²) in [5.74, 6) is 1.17. The maximum Gasteiger partial charge on any atom is 0.221 e. The Morgan fingerprint density at radius 1 is 1.27 bits per heavy atom. The molecule has 1 aromatic rings.